The fourth-order valence-electron chi connectivity index (χ4n) is 1.45. The van der Waals surface area contributed by atoms with Gasteiger partial charge in [-0.2, -0.15) is 0 Å². The van der Waals surface area contributed by atoms with Crippen LogP contribution >= 0.6 is 15.9 Å². The van der Waals surface area contributed by atoms with Gasteiger partial charge in [-0.15, -0.1) is 0 Å². The molecule has 0 aliphatic heterocycles. The predicted molar refractivity (Wildman–Crippen MR) is 72.8 cm³/mol. The third-order valence-corrected chi connectivity index (χ3v) is 3.21. The summed E-state index contributed by atoms with van der Waals surface area (Å²) in [6, 6.07) is 13.1. The minimum Gasteiger partial charge on any atom is -0.504 e. The molecule has 0 aliphatic carbocycles. The van der Waals surface area contributed by atoms with Crippen LogP contribution in [0.1, 0.15) is 11.1 Å². The molecule has 0 saturated heterocycles. The Morgan fingerprint density at radius 3 is 2.29 bits per heavy atom. The molecule has 0 heterocycles. The van der Waals surface area contributed by atoms with Crippen molar-refractivity contribution < 1.29 is 10.2 Å². The van der Waals surface area contributed by atoms with Crippen LogP contribution in [0.4, 0.5) is 0 Å². The van der Waals surface area contributed by atoms with Crippen LogP contribution in [0.25, 0.3) is 12.2 Å². The molecule has 2 nitrogen and oxygen atoms in total. The number of hydrogen-bond donors (Lipinski definition) is 2. The molecule has 0 aliphatic rings. The zero-order valence-electron chi connectivity index (χ0n) is 8.97. The zero-order chi connectivity index (χ0) is 12.3. The first kappa shape index (κ1) is 11.7. The quantitative estimate of drug-likeness (QED) is 0.648. The van der Waals surface area contributed by atoms with Crippen molar-refractivity contribution in [3.63, 3.8) is 0 Å². The highest BCUT2D eigenvalue weighted by molar-refractivity contribution is 9.10. The van der Waals surface area contributed by atoms with Gasteiger partial charge >= 0.3 is 0 Å². The fraction of sp³-hybridized carbons (Fsp3) is 0. The molecule has 86 valence electrons. The van der Waals surface area contributed by atoms with Gasteiger partial charge in [-0.25, -0.2) is 0 Å². The molecular formula is C14H11BrO2. The van der Waals surface area contributed by atoms with Gasteiger partial charge in [-0.05, 0) is 39.2 Å². The number of aromatic hydroxyl groups is 2. The number of benzene rings is 2. The molecule has 2 aromatic rings. The molecule has 0 atom stereocenters. The summed E-state index contributed by atoms with van der Waals surface area (Å²) in [7, 11) is 0. The molecule has 2 N–H and O–H groups in total. The van der Waals surface area contributed by atoms with Crippen molar-refractivity contribution in [1.29, 1.82) is 0 Å². The summed E-state index contributed by atoms with van der Waals surface area (Å²) in [5.74, 6) is -0.269. The van der Waals surface area contributed by atoms with Gasteiger partial charge in [0.2, 0.25) is 0 Å². The van der Waals surface area contributed by atoms with E-state index in [1.54, 1.807) is 6.07 Å². The van der Waals surface area contributed by atoms with Gasteiger partial charge in [0.15, 0.2) is 11.5 Å². The molecule has 0 fully saturated rings. The Hall–Kier alpha value is -1.74. The molecule has 0 amide bonds. The van der Waals surface area contributed by atoms with Crippen LogP contribution in [0, 0.1) is 0 Å². The summed E-state index contributed by atoms with van der Waals surface area (Å²) in [5.41, 5.74) is 1.89. The maximum atomic E-state index is 9.55. The minimum atomic E-state index is -0.139. The van der Waals surface area contributed by atoms with Gasteiger partial charge in [0, 0.05) is 0 Å². The standard InChI is InChI=1S/C14H11BrO2/c15-13-11(8-9-12(16)14(13)17)7-6-10-4-2-1-3-5-10/h1-9,16-17H/b7-6+. The largest absolute Gasteiger partial charge is 0.504 e. The van der Waals surface area contributed by atoms with Gasteiger partial charge in [0.1, 0.15) is 0 Å². The van der Waals surface area contributed by atoms with Crippen LogP contribution in [0.3, 0.4) is 0 Å². The van der Waals surface area contributed by atoms with Crippen molar-refractivity contribution in [2.24, 2.45) is 0 Å². The van der Waals surface area contributed by atoms with E-state index in [9.17, 15) is 10.2 Å². The van der Waals surface area contributed by atoms with E-state index in [-0.39, 0.29) is 11.5 Å². The Balaban J connectivity index is 2.31. The van der Waals surface area contributed by atoms with Crippen molar-refractivity contribution >= 4 is 28.1 Å². The van der Waals surface area contributed by atoms with Crippen molar-refractivity contribution in [3.05, 3.63) is 58.1 Å². The summed E-state index contributed by atoms with van der Waals surface area (Å²) in [6.45, 7) is 0. The molecule has 0 saturated carbocycles. The molecule has 0 aromatic heterocycles. The van der Waals surface area contributed by atoms with E-state index in [4.69, 9.17) is 0 Å². The Labute approximate surface area is 108 Å². The van der Waals surface area contributed by atoms with E-state index in [2.05, 4.69) is 15.9 Å². The van der Waals surface area contributed by atoms with E-state index in [1.807, 2.05) is 42.5 Å². The first-order valence-corrected chi connectivity index (χ1v) is 5.91. The average Bonchev–Trinajstić information content (AvgIpc) is 2.36. The van der Waals surface area contributed by atoms with Gasteiger partial charge in [0.05, 0.1) is 4.47 Å². The van der Waals surface area contributed by atoms with E-state index in [0.29, 0.717) is 4.47 Å². The first-order chi connectivity index (χ1) is 8.18. The van der Waals surface area contributed by atoms with E-state index in [1.165, 1.54) is 6.07 Å². The molecule has 3 heteroatoms. The Morgan fingerprint density at radius 1 is 0.882 bits per heavy atom. The first-order valence-electron chi connectivity index (χ1n) is 5.12. The molecule has 0 spiro atoms. The topological polar surface area (TPSA) is 40.5 Å². The highest BCUT2D eigenvalue weighted by Gasteiger charge is 2.06. The SMILES string of the molecule is Oc1ccc(/C=C/c2ccccc2)c(Br)c1O. The van der Waals surface area contributed by atoms with Crippen LogP contribution < -0.4 is 0 Å². The second-order valence-corrected chi connectivity index (χ2v) is 4.37. The summed E-state index contributed by atoms with van der Waals surface area (Å²) >= 11 is 3.24. The van der Waals surface area contributed by atoms with Gasteiger partial charge in [-0.1, -0.05) is 42.5 Å². The Morgan fingerprint density at radius 2 is 1.59 bits per heavy atom. The van der Waals surface area contributed by atoms with Crippen LogP contribution in [-0.2, 0) is 0 Å². The number of phenols is 2. The third kappa shape index (κ3) is 2.68. The lowest BCUT2D eigenvalue weighted by molar-refractivity contribution is 0.401. The van der Waals surface area contributed by atoms with Crippen LogP contribution in [-0.4, -0.2) is 10.2 Å². The van der Waals surface area contributed by atoms with Crippen molar-refractivity contribution in [1.82, 2.24) is 0 Å². The number of rotatable bonds is 2. The monoisotopic (exact) mass is 290 g/mol. The second-order valence-electron chi connectivity index (χ2n) is 3.58. The van der Waals surface area contributed by atoms with Crippen molar-refractivity contribution in [2.45, 2.75) is 0 Å². The molecule has 2 aromatic carbocycles. The molecule has 17 heavy (non-hydrogen) atoms. The van der Waals surface area contributed by atoms with E-state index >= 15 is 0 Å². The Kier molecular flexibility index (Phi) is 3.49. The average molecular weight is 291 g/mol. The number of halogens is 1. The van der Waals surface area contributed by atoms with E-state index in [0.717, 1.165) is 11.1 Å². The minimum absolute atomic E-state index is 0.131. The molecule has 0 radical (unpaired) electrons. The normalized spacial score (nSPS) is 10.9. The van der Waals surface area contributed by atoms with Gasteiger partial charge in [-0.3, -0.25) is 0 Å². The van der Waals surface area contributed by atoms with Crippen LogP contribution in [0.15, 0.2) is 46.9 Å². The summed E-state index contributed by atoms with van der Waals surface area (Å²) in [5, 5.41) is 18.9. The van der Waals surface area contributed by atoms with Crippen LogP contribution in [0.2, 0.25) is 0 Å². The Bertz CT molecular complexity index is 548. The second kappa shape index (κ2) is 5.06. The fourth-order valence-corrected chi connectivity index (χ4v) is 1.92. The lowest BCUT2D eigenvalue weighted by Crippen LogP contribution is -1.78. The number of phenolic OH excluding ortho intramolecular Hbond substituents is 2. The van der Waals surface area contributed by atoms with Crippen molar-refractivity contribution in [3.8, 4) is 11.5 Å². The zero-order valence-corrected chi connectivity index (χ0v) is 10.6. The maximum absolute atomic E-state index is 9.55. The molecule has 2 rings (SSSR count). The smallest absolute Gasteiger partial charge is 0.172 e. The van der Waals surface area contributed by atoms with E-state index < -0.39 is 0 Å². The summed E-state index contributed by atoms with van der Waals surface area (Å²) < 4.78 is 0.490. The number of hydrogen-bond acceptors (Lipinski definition) is 2. The summed E-state index contributed by atoms with van der Waals surface area (Å²) in [4.78, 5) is 0. The highest BCUT2D eigenvalue weighted by Crippen LogP contribution is 2.36. The lowest BCUT2D eigenvalue weighted by Gasteiger charge is -2.03. The van der Waals surface area contributed by atoms with Crippen molar-refractivity contribution in [2.75, 3.05) is 0 Å². The highest BCUT2D eigenvalue weighted by atomic mass is 79.9. The summed E-state index contributed by atoms with van der Waals surface area (Å²) in [6.07, 6.45) is 3.81. The maximum Gasteiger partial charge on any atom is 0.172 e. The lowest BCUT2D eigenvalue weighted by atomic mass is 10.1. The predicted octanol–water partition coefficient (Wildman–Crippen LogP) is 4.03. The van der Waals surface area contributed by atoms with Gasteiger partial charge in [0.25, 0.3) is 0 Å². The molecule has 0 unspecified atom stereocenters. The third-order valence-electron chi connectivity index (χ3n) is 2.38. The molecule has 0 bridgehead atoms. The van der Waals surface area contributed by atoms with Gasteiger partial charge < -0.3 is 10.2 Å². The van der Waals surface area contributed by atoms with Crippen LogP contribution in [0.5, 0.6) is 11.5 Å². The molecular weight excluding hydrogens is 280 g/mol.